The third-order valence-electron chi connectivity index (χ3n) is 9.07. The first-order chi connectivity index (χ1) is 25.7. The van der Waals surface area contributed by atoms with Crippen LogP contribution in [0.1, 0.15) is 110 Å². The lowest BCUT2D eigenvalue weighted by molar-refractivity contribution is -0.144. The number of halogens is 1. The van der Waals surface area contributed by atoms with Gasteiger partial charge in [-0.05, 0) is 42.7 Å². The van der Waals surface area contributed by atoms with Gasteiger partial charge < -0.3 is 19.9 Å². The van der Waals surface area contributed by atoms with Crippen molar-refractivity contribution in [2.24, 2.45) is 0 Å². The van der Waals surface area contributed by atoms with E-state index in [1.165, 1.54) is 85.9 Å². The highest BCUT2D eigenvalue weighted by atomic mass is 35.5. The van der Waals surface area contributed by atoms with Crippen LogP contribution in [0.4, 0.5) is 10.5 Å². The van der Waals surface area contributed by atoms with E-state index in [1.54, 1.807) is 31.2 Å². The molecule has 1 heterocycles. The Morgan fingerprint density at radius 1 is 0.811 bits per heavy atom. The van der Waals surface area contributed by atoms with Gasteiger partial charge in [0.25, 0.3) is 11.8 Å². The fourth-order valence-electron chi connectivity index (χ4n) is 6.15. The Morgan fingerprint density at radius 2 is 1.43 bits per heavy atom. The number of imide groups is 1. The number of esters is 1. The molecule has 0 saturated carbocycles. The van der Waals surface area contributed by atoms with Crippen LogP contribution in [0.25, 0.3) is 0 Å². The lowest BCUT2D eigenvalue weighted by Gasteiger charge is -2.25. The fraction of sp³-hybridized carbons (Fsp3) is 0.439. The van der Waals surface area contributed by atoms with Crippen molar-refractivity contribution >= 4 is 46.9 Å². The molecule has 3 aromatic carbocycles. The number of carbonyl (C=O) groups is 5. The number of hydrogen-bond acceptors (Lipinski definition) is 8. The van der Waals surface area contributed by atoms with Crippen LogP contribution < -0.4 is 5.32 Å². The molecule has 4 rings (SSSR count). The summed E-state index contributed by atoms with van der Waals surface area (Å²) in [6.07, 6.45) is 10.1. The Hall–Kier alpha value is -4.58. The fourth-order valence-corrected chi connectivity index (χ4v) is 6.31. The molecule has 2 unspecified atom stereocenters. The minimum Gasteiger partial charge on any atom is -0.462 e. The summed E-state index contributed by atoms with van der Waals surface area (Å²) in [6, 6.07) is 16.1. The summed E-state index contributed by atoms with van der Waals surface area (Å²) in [7, 11) is 0. The number of benzene rings is 3. The molecule has 0 bridgehead atoms. The number of carbonyl (C=O) groups excluding carboxylic acids is 5. The zero-order chi connectivity index (χ0) is 38.2. The third-order valence-corrected chi connectivity index (χ3v) is 9.40. The highest BCUT2D eigenvalue weighted by Gasteiger charge is 2.53. The van der Waals surface area contributed by atoms with Crippen molar-refractivity contribution in [3.05, 3.63) is 100 Å². The Labute approximate surface area is 316 Å². The molecule has 0 aliphatic carbocycles. The topological polar surface area (TPSA) is 143 Å². The van der Waals surface area contributed by atoms with Crippen molar-refractivity contribution in [2.45, 2.75) is 103 Å². The molecule has 0 spiro atoms. The SMILES string of the molecule is CCCCCCCCCCCCOC(=O)c1ccc(Cl)c(NC(=O)C(C(=O)c2ccc(CO)cc2)N2C(=O)C(OCC)N(Cc3ccccc3)C2=O)c1. The van der Waals surface area contributed by atoms with Crippen molar-refractivity contribution in [1.29, 1.82) is 0 Å². The standard InChI is InChI=1S/C41H50ClN3O8/c1-3-5-6-7-8-9-10-11-12-16-25-53-40(50)32-23-24-33(42)34(26-32)43-37(48)35(36(47)31-21-19-30(28-46)20-22-31)45-38(49)39(52-4-2)44(41(45)51)27-29-17-14-13-15-18-29/h13-15,17-24,26,35,39,46H,3-12,16,25,27-28H2,1-2H3,(H,43,48). The summed E-state index contributed by atoms with van der Waals surface area (Å²) in [5.41, 5.74) is 1.35. The van der Waals surface area contributed by atoms with Gasteiger partial charge in [0.15, 0.2) is 11.8 Å². The van der Waals surface area contributed by atoms with Gasteiger partial charge in [-0.25, -0.2) is 14.5 Å². The Balaban J connectivity index is 1.49. The highest BCUT2D eigenvalue weighted by Crippen LogP contribution is 2.29. The number of unbranched alkanes of at least 4 members (excludes halogenated alkanes) is 9. The summed E-state index contributed by atoms with van der Waals surface area (Å²) in [5.74, 6) is -3.37. The molecule has 1 saturated heterocycles. The number of anilines is 1. The van der Waals surface area contributed by atoms with Gasteiger partial charge in [0.2, 0.25) is 6.23 Å². The van der Waals surface area contributed by atoms with Gasteiger partial charge in [-0.15, -0.1) is 0 Å². The molecular formula is C41H50ClN3O8. The van der Waals surface area contributed by atoms with E-state index in [2.05, 4.69) is 12.2 Å². The predicted molar refractivity (Wildman–Crippen MR) is 202 cm³/mol. The van der Waals surface area contributed by atoms with Crippen molar-refractivity contribution in [2.75, 3.05) is 18.5 Å². The lowest BCUT2D eigenvalue weighted by Crippen LogP contribution is -2.52. The number of urea groups is 1. The summed E-state index contributed by atoms with van der Waals surface area (Å²) >= 11 is 6.45. The van der Waals surface area contributed by atoms with E-state index in [9.17, 15) is 29.1 Å². The Kier molecular flexibility index (Phi) is 16.5. The van der Waals surface area contributed by atoms with Crippen LogP contribution in [-0.2, 0) is 32.2 Å². The monoisotopic (exact) mass is 747 g/mol. The predicted octanol–water partition coefficient (Wildman–Crippen LogP) is 7.93. The number of aliphatic hydroxyl groups is 1. The first-order valence-electron chi connectivity index (χ1n) is 18.5. The number of hydrogen-bond donors (Lipinski definition) is 2. The molecule has 11 nitrogen and oxygen atoms in total. The van der Waals surface area contributed by atoms with Crippen LogP contribution >= 0.6 is 11.6 Å². The molecule has 0 aromatic heterocycles. The number of ketones is 1. The molecule has 2 atom stereocenters. The van der Waals surface area contributed by atoms with Crippen LogP contribution in [0.2, 0.25) is 5.02 Å². The van der Waals surface area contributed by atoms with Crippen molar-refractivity contribution in [3.63, 3.8) is 0 Å². The minimum absolute atomic E-state index is 0.0138. The summed E-state index contributed by atoms with van der Waals surface area (Å²) in [6.45, 7) is 3.90. The second-order valence-electron chi connectivity index (χ2n) is 13.0. The van der Waals surface area contributed by atoms with E-state index < -0.39 is 41.9 Å². The largest absolute Gasteiger partial charge is 0.462 e. The quantitative estimate of drug-likeness (QED) is 0.0347. The molecule has 1 aliphatic rings. The van der Waals surface area contributed by atoms with Gasteiger partial charge in [0.1, 0.15) is 0 Å². The number of aliphatic hydroxyl groups excluding tert-OH is 1. The van der Waals surface area contributed by atoms with E-state index in [1.807, 2.05) is 6.07 Å². The first kappa shape index (κ1) is 41.2. The van der Waals surface area contributed by atoms with Crippen molar-refractivity contribution in [1.82, 2.24) is 9.80 Å². The van der Waals surface area contributed by atoms with Gasteiger partial charge in [0.05, 0.1) is 36.0 Å². The molecule has 53 heavy (non-hydrogen) atoms. The molecule has 0 radical (unpaired) electrons. The number of ether oxygens (including phenoxy) is 2. The van der Waals surface area contributed by atoms with E-state index in [0.29, 0.717) is 16.0 Å². The minimum atomic E-state index is -1.97. The Morgan fingerprint density at radius 3 is 2.06 bits per heavy atom. The first-order valence-corrected chi connectivity index (χ1v) is 18.9. The van der Waals surface area contributed by atoms with Crippen LogP contribution in [0.3, 0.4) is 0 Å². The summed E-state index contributed by atoms with van der Waals surface area (Å²) in [5, 5.41) is 12.1. The van der Waals surface area contributed by atoms with Gasteiger partial charge >= 0.3 is 12.0 Å². The van der Waals surface area contributed by atoms with Crippen LogP contribution in [0.5, 0.6) is 0 Å². The number of Topliss-reactive ketones (excluding diaryl/α,β-unsaturated/α-hetero) is 1. The molecular weight excluding hydrogens is 698 g/mol. The second kappa shape index (κ2) is 21.2. The van der Waals surface area contributed by atoms with Crippen LogP contribution in [0.15, 0.2) is 72.8 Å². The second-order valence-corrected chi connectivity index (χ2v) is 13.4. The molecule has 3 aromatic rings. The van der Waals surface area contributed by atoms with Gasteiger partial charge in [-0.2, -0.15) is 0 Å². The molecule has 1 fully saturated rings. The molecule has 1 aliphatic heterocycles. The van der Waals surface area contributed by atoms with E-state index in [-0.39, 0.29) is 48.2 Å². The molecule has 4 amide bonds. The maximum Gasteiger partial charge on any atom is 0.338 e. The summed E-state index contributed by atoms with van der Waals surface area (Å²) in [4.78, 5) is 70.8. The molecule has 12 heteroatoms. The van der Waals surface area contributed by atoms with Crippen molar-refractivity contribution < 1.29 is 38.6 Å². The Bertz CT molecular complexity index is 1680. The normalized spacial score (nSPS) is 14.8. The van der Waals surface area contributed by atoms with Gasteiger partial charge in [0, 0.05) is 12.2 Å². The summed E-state index contributed by atoms with van der Waals surface area (Å²) < 4.78 is 11.2. The number of nitrogens with one attached hydrogen (secondary N) is 1. The molecule has 2 N–H and O–H groups in total. The van der Waals surface area contributed by atoms with E-state index in [0.717, 1.165) is 25.7 Å². The van der Waals surface area contributed by atoms with Gasteiger partial charge in [-0.1, -0.05) is 131 Å². The average molecular weight is 748 g/mol. The smallest absolute Gasteiger partial charge is 0.338 e. The lowest BCUT2D eigenvalue weighted by atomic mass is 10.0. The zero-order valence-corrected chi connectivity index (χ0v) is 31.3. The maximum absolute atomic E-state index is 14.1. The number of rotatable bonds is 22. The van der Waals surface area contributed by atoms with Crippen LogP contribution in [0, 0.1) is 0 Å². The van der Waals surface area contributed by atoms with E-state index >= 15 is 0 Å². The third kappa shape index (κ3) is 11.5. The zero-order valence-electron chi connectivity index (χ0n) is 30.6. The number of amides is 4. The average Bonchev–Trinajstić information content (AvgIpc) is 3.38. The van der Waals surface area contributed by atoms with E-state index in [4.69, 9.17) is 21.1 Å². The number of nitrogens with zero attached hydrogens (tertiary/aromatic N) is 2. The highest BCUT2D eigenvalue weighted by molar-refractivity contribution is 6.34. The van der Waals surface area contributed by atoms with Crippen molar-refractivity contribution in [3.8, 4) is 0 Å². The molecule has 284 valence electrons. The van der Waals surface area contributed by atoms with Gasteiger partial charge in [-0.3, -0.25) is 19.3 Å². The maximum atomic E-state index is 14.1. The van der Waals surface area contributed by atoms with Crippen LogP contribution in [-0.4, -0.2) is 70.0 Å².